The first-order valence-corrected chi connectivity index (χ1v) is 10.5. The highest BCUT2D eigenvalue weighted by atomic mass is 35.5. The average Bonchev–Trinajstić information content (AvgIpc) is 2.68. The van der Waals surface area contributed by atoms with Gasteiger partial charge < -0.3 is 10.2 Å². The summed E-state index contributed by atoms with van der Waals surface area (Å²) in [6.45, 7) is 10.1. The molecule has 2 aromatic rings. The minimum absolute atomic E-state index is 0.0621. The van der Waals surface area contributed by atoms with E-state index in [1.54, 1.807) is 17.9 Å². The fraction of sp³-hybridized carbons (Fsp3) is 0.417. The van der Waals surface area contributed by atoms with Gasteiger partial charge in [-0.05, 0) is 62.9 Å². The summed E-state index contributed by atoms with van der Waals surface area (Å²) in [7, 11) is 0. The molecule has 156 valence electrons. The maximum absolute atomic E-state index is 13.3. The predicted molar refractivity (Wildman–Crippen MR) is 119 cm³/mol. The Morgan fingerprint density at radius 1 is 1.10 bits per heavy atom. The third-order valence-electron chi connectivity index (χ3n) is 5.26. The number of carbonyl (C=O) groups is 2. The molecule has 0 heterocycles. The molecule has 2 unspecified atom stereocenters. The van der Waals surface area contributed by atoms with Gasteiger partial charge in [0.15, 0.2) is 0 Å². The van der Waals surface area contributed by atoms with Crippen LogP contribution in [0.1, 0.15) is 49.4 Å². The van der Waals surface area contributed by atoms with Gasteiger partial charge in [0.25, 0.3) is 0 Å². The number of amides is 2. The summed E-state index contributed by atoms with van der Waals surface area (Å²) in [4.78, 5) is 27.7. The van der Waals surface area contributed by atoms with E-state index < -0.39 is 6.04 Å². The van der Waals surface area contributed by atoms with E-state index in [-0.39, 0.29) is 24.3 Å². The van der Waals surface area contributed by atoms with E-state index in [2.05, 4.69) is 5.32 Å². The zero-order valence-corrected chi connectivity index (χ0v) is 18.7. The Morgan fingerprint density at radius 2 is 1.83 bits per heavy atom. The van der Waals surface area contributed by atoms with Crippen LogP contribution in [0.3, 0.4) is 0 Å². The second kappa shape index (κ2) is 10.4. The van der Waals surface area contributed by atoms with Gasteiger partial charge in [0.2, 0.25) is 11.8 Å². The molecule has 2 aromatic carbocycles. The molecule has 1 N–H and O–H groups in total. The van der Waals surface area contributed by atoms with Crippen molar-refractivity contribution in [3.05, 3.63) is 69.7 Å². The highest BCUT2D eigenvalue weighted by Gasteiger charge is 2.27. The van der Waals surface area contributed by atoms with Crippen molar-refractivity contribution < 1.29 is 9.59 Å². The van der Waals surface area contributed by atoms with Crippen molar-refractivity contribution in [3.8, 4) is 0 Å². The third kappa shape index (κ3) is 6.60. The van der Waals surface area contributed by atoms with Crippen LogP contribution in [0, 0.1) is 13.8 Å². The van der Waals surface area contributed by atoms with Crippen molar-refractivity contribution in [1.82, 2.24) is 10.2 Å². The van der Waals surface area contributed by atoms with Gasteiger partial charge in [-0.25, -0.2) is 0 Å². The third-order valence-corrected chi connectivity index (χ3v) is 5.49. The number of rotatable bonds is 8. The number of hydrogen-bond acceptors (Lipinski definition) is 2. The largest absolute Gasteiger partial charge is 0.352 e. The predicted octanol–water partition coefficient (Wildman–Crippen LogP) is 4.83. The molecule has 5 heteroatoms. The number of nitrogens with one attached hydrogen (secondary N) is 1. The Balaban J connectivity index is 2.28. The normalized spacial score (nSPS) is 12.9. The summed E-state index contributed by atoms with van der Waals surface area (Å²) < 4.78 is 0. The van der Waals surface area contributed by atoms with Crippen LogP contribution in [0.4, 0.5) is 0 Å². The lowest BCUT2D eigenvalue weighted by Crippen LogP contribution is -2.49. The fourth-order valence-corrected chi connectivity index (χ4v) is 3.35. The maximum atomic E-state index is 13.3. The highest BCUT2D eigenvalue weighted by Crippen LogP contribution is 2.18. The maximum Gasteiger partial charge on any atom is 0.242 e. The van der Waals surface area contributed by atoms with Crippen molar-refractivity contribution in [2.45, 2.75) is 66.1 Å². The van der Waals surface area contributed by atoms with Gasteiger partial charge in [-0.15, -0.1) is 0 Å². The van der Waals surface area contributed by atoms with Gasteiger partial charge in [0, 0.05) is 17.6 Å². The van der Waals surface area contributed by atoms with E-state index >= 15 is 0 Å². The summed E-state index contributed by atoms with van der Waals surface area (Å²) >= 11 is 6.12. The summed E-state index contributed by atoms with van der Waals surface area (Å²) in [5, 5.41) is 3.60. The number of carbonyl (C=O) groups excluding carboxylic acids is 2. The van der Waals surface area contributed by atoms with Crippen LogP contribution in [0.15, 0.2) is 42.5 Å². The molecule has 0 fully saturated rings. The van der Waals surface area contributed by atoms with Crippen LogP contribution in [0.5, 0.6) is 0 Å². The molecule has 0 radical (unpaired) electrons. The lowest BCUT2D eigenvalue weighted by Gasteiger charge is -2.30. The molecule has 2 amide bonds. The second-order valence-corrected chi connectivity index (χ2v) is 8.19. The SMILES string of the molecule is CCC(C)NC(=O)C(C)N(Cc1cccc(Cl)c1)C(=O)Cc1cc(C)ccc1C. The Labute approximate surface area is 179 Å². The second-order valence-electron chi connectivity index (χ2n) is 7.75. The van der Waals surface area contributed by atoms with Crippen molar-refractivity contribution in [2.24, 2.45) is 0 Å². The Bertz CT molecular complexity index is 866. The minimum atomic E-state index is -0.583. The Hall–Kier alpha value is -2.33. The molecule has 0 saturated carbocycles. The van der Waals surface area contributed by atoms with E-state index in [1.807, 2.05) is 64.1 Å². The molecular formula is C24H31ClN2O2. The lowest BCUT2D eigenvalue weighted by molar-refractivity contribution is -0.140. The monoisotopic (exact) mass is 414 g/mol. The Morgan fingerprint density at radius 3 is 2.48 bits per heavy atom. The summed E-state index contributed by atoms with van der Waals surface area (Å²) in [5.74, 6) is -0.221. The van der Waals surface area contributed by atoms with E-state index in [1.165, 1.54) is 0 Å². The topological polar surface area (TPSA) is 49.4 Å². The smallest absolute Gasteiger partial charge is 0.242 e. The molecule has 0 saturated heterocycles. The molecule has 0 aliphatic heterocycles. The molecule has 29 heavy (non-hydrogen) atoms. The van der Waals surface area contributed by atoms with E-state index in [4.69, 9.17) is 11.6 Å². The highest BCUT2D eigenvalue weighted by molar-refractivity contribution is 6.30. The van der Waals surface area contributed by atoms with Crippen LogP contribution in [-0.2, 0) is 22.6 Å². The minimum Gasteiger partial charge on any atom is -0.352 e. The number of hydrogen-bond donors (Lipinski definition) is 1. The standard InChI is InChI=1S/C24H31ClN2O2/c1-6-18(4)26-24(29)19(5)27(15-20-8-7-9-22(25)13-20)23(28)14-21-12-16(2)10-11-17(21)3/h7-13,18-19H,6,14-15H2,1-5H3,(H,26,29). The van der Waals surface area contributed by atoms with E-state index in [9.17, 15) is 9.59 Å². The first kappa shape index (κ1) is 23.0. The van der Waals surface area contributed by atoms with Crippen LogP contribution in [0.25, 0.3) is 0 Å². The lowest BCUT2D eigenvalue weighted by atomic mass is 10.0. The molecule has 0 bridgehead atoms. The fourth-order valence-electron chi connectivity index (χ4n) is 3.14. The molecule has 2 atom stereocenters. The van der Waals surface area contributed by atoms with Gasteiger partial charge in [-0.1, -0.05) is 54.4 Å². The first-order chi connectivity index (χ1) is 13.7. The molecule has 0 aliphatic rings. The first-order valence-electron chi connectivity index (χ1n) is 10.1. The van der Waals surface area contributed by atoms with Crippen LogP contribution in [-0.4, -0.2) is 28.8 Å². The summed E-state index contributed by atoms with van der Waals surface area (Å²) in [6, 6.07) is 13.0. The van der Waals surface area contributed by atoms with E-state index in [0.717, 1.165) is 28.7 Å². The molecule has 0 aromatic heterocycles. The van der Waals surface area contributed by atoms with Crippen molar-refractivity contribution in [3.63, 3.8) is 0 Å². The molecule has 0 spiro atoms. The van der Waals surface area contributed by atoms with Crippen LogP contribution < -0.4 is 5.32 Å². The summed E-state index contributed by atoms with van der Waals surface area (Å²) in [5.41, 5.74) is 4.07. The number of aryl methyl sites for hydroxylation is 2. The number of halogens is 1. The number of benzene rings is 2. The molecular weight excluding hydrogens is 384 g/mol. The number of nitrogens with zero attached hydrogens (tertiary/aromatic N) is 1. The van der Waals surface area contributed by atoms with Gasteiger partial charge in [-0.3, -0.25) is 9.59 Å². The molecule has 4 nitrogen and oxygen atoms in total. The van der Waals surface area contributed by atoms with Gasteiger partial charge in [0.05, 0.1) is 6.42 Å². The molecule has 0 aliphatic carbocycles. The van der Waals surface area contributed by atoms with Crippen molar-refractivity contribution in [1.29, 1.82) is 0 Å². The van der Waals surface area contributed by atoms with Crippen LogP contribution in [0.2, 0.25) is 5.02 Å². The zero-order chi connectivity index (χ0) is 21.6. The van der Waals surface area contributed by atoms with Gasteiger partial charge in [0.1, 0.15) is 6.04 Å². The van der Waals surface area contributed by atoms with Crippen molar-refractivity contribution >= 4 is 23.4 Å². The Kier molecular flexibility index (Phi) is 8.27. The molecule has 2 rings (SSSR count). The van der Waals surface area contributed by atoms with Crippen LogP contribution >= 0.6 is 11.6 Å². The van der Waals surface area contributed by atoms with Gasteiger partial charge in [-0.2, -0.15) is 0 Å². The van der Waals surface area contributed by atoms with Gasteiger partial charge >= 0.3 is 0 Å². The zero-order valence-electron chi connectivity index (χ0n) is 18.0. The summed E-state index contributed by atoms with van der Waals surface area (Å²) in [6.07, 6.45) is 1.10. The van der Waals surface area contributed by atoms with E-state index in [0.29, 0.717) is 11.6 Å². The van der Waals surface area contributed by atoms with Crippen molar-refractivity contribution in [2.75, 3.05) is 0 Å². The quantitative estimate of drug-likeness (QED) is 0.672. The average molecular weight is 415 g/mol.